The summed E-state index contributed by atoms with van der Waals surface area (Å²) in [7, 11) is -3.00. The van der Waals surface area contributed by atoms with E-state index in [1.165, 1.54) is 84.2 Å². The first kappa shape index (κ1) is 41.5. The fraction of sp³-hybridized carbons (Fsp3) is 0.903. The van der Waals surface area contributed by atoms with Crippen LogP contribution in [0.2, 0.25) is 0 Å². The van der Waals surface area contributed by atoms with Crippen LogP contribution in [-0.2, 0) is 46.9 Å². The molecule has 0 aliphatic rings. The molecule has 43 heavy (non-hydrogen) atoms. The number of phosphoric acid groups is 1. The van der Waals surface area contributed by atoms with Crippen LogP contribution in [0.15, 0.2) is 0 Å². The van der Waals surface area contributed by atoms with Crippen LogP contribution in [0.3, 0.4) is 0 Å². The Morgan fingerprint density at radius 3 is 1.65 bits per heavy atom. The van der Waals surface area contributed by atoms with E-state index in [4.69, 9.17) is 28.0 Å². The molecule has 0 rings (SSSR count). The molecule has 0 aromatic heterocycles. The molecule has 2 unspecified atom stereocenters. The Bertz CT molecular complexity index is 747. The van der Waals surface area contributed by atoms with Crippen molar-refractivity contribution >= 4 is 25.7 Å². The van der Waals surface area contributed by atoms with Crippen molar-refractivity contribution in [2.24, 2.45) is 0 Å². The summed E-state index contributed by atoms with van der Waals surface area (Å²) in [5.41, 5.74) is 0. The maximum atomic E-state index is 12.2. The molecule has 0 amide bonds. The fourth-order valence-electron chi connectivity index (χ4n) is 4.21. The van der Waals surface area contributed by atoms with Gasteiger partial charge in [-0.2, -0.15) is 0 Å². The molecule has 11 nitrogen and oxygen atoms in total. The molecule has 1 N–H and O–H groups in total. The van der Waals surface area contributed by atoms with Crippen LogP contribution in [0, 0.1) is 0 Å². The van der Waals surface area contributed by atoms with Crippen LogP contribution in [-0.4, -0.2) is 69.0 Å². The molecular formula is C31H59O11P. The fourth-order valence-corrected chi connectivity index (χ4v) is 5.00. The highest BCUT2D eigenvalue weighted by atomic mass is 31.2. The smallest absolute Gasteiger partial charge is 0.463 e. The molecule has 0 aromatic rings. The zero-order valence-corrected chi connectivity index (χ0v) is 27.9. The lowest BCUT2D eigenvalue weighted by Gasteiger charge is -2.19. The summed E-state index contributed by atoms with van der Waals surface area (Å²) < 4.78 is 42.0. The highest BCUT2D eigenvalue weighted by Gasteiger charge is 2.26. The Morgan fingerprint density at radius 2 is 1.12 bits per heavy atom. The van der Waals surface area contributed by atoms with Gasteiger partial charge < -0.3 is 23.8 Å². The van der Waals surface area contributed by atoms with Gasteiger partial charge in [0.15, 0.2) is 6.10 Å². The first-order valence-electron chi connectivity index (χ1n) is 16.4. The van der Waals surface area contributed by atoms with E-state index in [-0.39, 0.29) is 52.1 Å². The van der Waals surface area contributed by atoms with Crippen LogP contribution in [0.25, 0.3) is 0 Å². The Labute approximate surface area is 259 Å². The number of phosphoric ester groups is 1. The number of ether oxygens (including phenoxy) is 4. The Kier molecular flexibility index (Phi) is 28.2. The summed E-state index contributed by atoms with van der Waals surface area (Å²) in [5.74, 6) is -1.46. The minimum Gasteiger partial charge on any atom is -0.463 e. The second-order valence-electron chi connectivity index (χ2n) is 10.8. The molecule has 0 aliphatic carbocycles. The summed E-state index contributed by atoms with van der Waals surface area (Å²) in [5, 5.41) is 0. The van der Waals surface area contributed by atoms with Crippen LogP contribution in [0.5, 0.6) is 0 Å². The standard InChI is InChI=1S/C31H59O11P/c1-4-6-7-8-9-10-11-12-13-14-15-16-17-18-19-21-31(34)39-26-28(42-29(32)5-2)27-41-43(35,36)40-23-20-22-30(33)38-25-24-37-3/h28H,4-27H2,1-3H3,(H,35,36). The van der Waals surface area contributed by atoms with Crippen LogP contribution in [0.1, 0.15) is 136 Å². The van der Waals surface area contributed by atoms with Crippen molar-refractivity contribution in [2.75, 3.05) is 40.1 Å². The van der Waals surface area contributed by atoms with E-state index in [1.807, 2.05) is 0 Å². The van der Waals surface area contributed by atoms with Crippen LogP contribution in [0.4, 0.5) is 0 Å². The van der Waals surface area contributed by atoms with Gasteiger partial charge in [-0.3, -0.25) is 23.4 Å². The average molecular weight is 639 g/mol. The molecule has 2 atom stereocenters. The molecule has 0 radical (unpaired) electrons. The first-order valence-corrected chi connectivity index (χ1v) is 17.8. The number of hydrogen-bond donors (Lipinski definition) is 1. The summed E-state index contributed by atoms with van der Waals surface area (Å²) in [6.07, 6.45) is 18.0. The maximum Gasteiger partial charge on any atom is 0.472 e. The lowest BCUT2D eigenvalue weighted by atomic mass is 10.0. The van der Waals surface area contributed by atoms with Crippen molar-refractivity contribution in [3.05, 3.63) is 0 Å². The molecule has 0 aromatic carbocycles. The average Bonchev–Trinajstić information content (AvgIpc) is 2.98. The van der Waals surface area contributed by atoms with Gasteiger partial charge in [-0.15, -0.1) is 0 Å². The molecule has 0 bridgehead atoms. The minimum absolute atomic E-state index is 0.00421. The van der Waals surface area contributed by atoms with Gasteiger partial charge in [0, 0.05) is 26.4 Å². The Hall–Kier alpha value is -1.52. The van der Waals surface area contributed by atoms with Gasteiger partial charge in [0.05, 0.1) is 19.8 Å². The van der Waals surface area contributed by atoms with Crippen molar-refractivity contribution in [3.8, 4) is 0 Å². The largest absolute Gasteiger partial charge is 0.472 e. The Balaban J connectivity index is 4.02. The monoisotopic (exact) mass is 638 g/mol. The molecule has 0 saturated carbocycles. The summed E-state index contributed by atoms with van der Waals surface area (Å²) in [6, 6.07) is 0. The number of rotatable bonds is 31. The van der Waals surface area contributed by atoms with Crippen molar-refractivity contribution in [3.63, 3.8) is 0 Å². The van der Waals surface area contributed by atoms with Gasteiger partial charge >= 0.3 is 25.7 Å². The molecule has 0 saturated heterocycles. The highest BCUT2D eigenvalue weighted by Crippen LogP contribution is 2.43. The molecule has 0 heterocycles. The van der Waals surface area contributed by atoms with Gasteiger partial charge in [-0.1, -0.05) is 104 Å². The molecule has 0 fully saturated rings. The number of unbranched alkanes of at least 4 members (excludes halogenated alkanes) is 14. The Morgan fingerprint density at radius 1 is 0.605 bits per heavy atom. The SMILES string of the molecule is CCCCCCCCCCCCCCCCCC(=O)OCC(COP(=O)(O)OCCCC(=O)OCCOC)OC(=O)CC. The zero-order chi connectivity index (χ0) is 32.0. The third kappa shape index (κ3) is 29.0. The van der Waals surface area contributed by atoms with Crippen molar-refractivity contribution in [2.45, 2.75) is 142 Å². The molecule has 12 heteroatoms. The van der Waals surface area contributed by atoms with Gasteiger partial charge in [-0.05, 0) is 12.8 Å². The van der Waals surface area contributed by atoms with E-state index in [0.29, 0.717) is 6.42 Å². The summed E-state index contributed by atoms with van der Waals surface area (Å²) >= 11 is 0. The first-order chi connectivity index (χ1) is 20.7. The summed E-state index contributed by atoms with van der Waals surface area (Å²) in [4.78, 5) is 45.4. The van der Waals surface area contributed by atoms with Crippen molar-refractivity contribution < 1.29 is 51.8 Å². The molecule has 0 aliphatic heterocycles. The number of carbonyl (C=O) groups excluding carboxylic acids is 3. The van der Waals surface area contributed by atoms with E-state index >= 15 is 0 Å². The van der Waals surface area contributed by atoms with Crippen molar-refractivity contribution in [1.29, 1.82) is 0 Å². The van der Waals surface area contributed by atoms with Gasteiger partial charge in [0.2, 0.25) is 0 Å². The number of methoxy groups -OCH3 is 1. The highest BCUT2D eigenvalue weighted by molar-refractivity contribution is 7.47. The van der Waals surface area contributed by atoms with E-state index in [2.05, 4.69) is 6.92 Å². The lowest BCUT2D eigenvalue weighted by Crippen LogP contribution is -2.29. The van der Waals surface area contributed by atoms with E-state index in [9.17, 15) is 23.8 Å². The second-order valence-corrected chi connectivity index (χ2v) is 12.2. The number of esters is 3. The second kappa shape index (κ2) is 29.2. The topological polar surface area (TPSA) is 144 Å². The third-order valence-corrected chi connectivity index (χ3v) is 7.74. The van der Waals surface area contributed by atoms with E-state index < -0.39 is 38.4 Å². The van der Waals surface area contributed by atoms with Gasteiger partial charge in [-0.25, -0.2) is 4.57 Å². The molecule has 0 spiro atoms. The summed E-state index contributed by atoms with van der Waals surface area (Å²) in [6.45, 7) is 3.24. The van der Waals surface area contributed by atoms with Crippen LogP contribution >= 0.6 is 7.82 Å². The van der Waals surface area contributed by atoms with Gasteiger partial charge in [0.25, 0.3) is 0 Å². The van der Waals surface area contributed by atoms with E-state index in [1.54, 1.807) is 6.92 Å². The normalized spacial score (nSPS) is 13.3. The molecule has 254 valence electrons. The quantitative estimate of drug-likeness (QED) is 0.0356. The third-order valence-electron chi connectivity index (χ3n) is 6.76. The number of carbonyl (C=O) groups is 3. The van der Waals surface area contributed by atoms with Crippen molar-refractivity contribution in [1.82, 2.24) is 0 Å². The van der Waals surface area contributed by atoms with E-state index in [0.717, 1.165) is 12.8 Å². The predicted molar refractivity (Wildman–Crippen MR) is 164 cm³/mol. The zero-order valence-electron chi connectivity index (χ0n) is 27.0. The minimum atomic E-state index is -4.48. The lowest BCUT2D eigenvalue weighted by molar-refractivity contribution is -0.161. The number of hydrogen-bond acceptors (Lipinski definition) is 10. The maximum absolute atomic E-state index is 12.2. The van der Waals surface area contributed by atoms with Gasteiger partial charge in [0.1, 0.15) is 13.2 Å². The molecular weight excluding hydrogens is 579 g/mol. The predicted octanol–water partition coefficient (Wildman–Crippen LogP) is 7.22. The van der Waals surface area contributed by atoms with Crippen LogP contribution < -0.4 is 0 Å².